The highest BCUT2D eigenvalue weighted by molar-refractivity contribution is 6.38. The molecule has 1 heterocycles. The number of rotatable bonds is 16. The van der Waals surface area contributed by atoms with E-state index < -0.39 is 74.9 Å². The fourth-order valence-electron chi connectivity index (χ4n) is 8.69. The summed E-state index contributed by atoms with van der Waals surface area (Å²) < 4.78 is 0. The summed E-state index contributed by atoms with van der Waals surface area (Å²) in [6.45, 7) is 20.3. The Morgan fingerprint density at radius 3 is 2.05 bits per heavy atom. The summed E-state index contributed by atoms with van der Waals surface area (Å²) in [5.41, 5.74) is -1.74. The van der Waals surface area contributed by atoms with Gasteiger partial charge in [-0.15, -0.1) is 0 Å². The van der Waals surface area contributed by atoms with Crippen LogP contribution in [0.5, 0.6) is 0 Å². The molecule has 0 spiro atoms. The molecule has 0 aromatic heterocycles. The van der Waals surface area contributed by atoms with E-state index in [1.165, 1.54) is 0 Å². The standard InChI is InChI=1S/C43H70N6O7/c1-12-13-17-28(33(50)38(54)44-26-18-19-26)45-37(53)31-27(25(2)3)20-23-49(31)39(55)36(43(10)21-15-14-16-22-43)47-40(56)46-29(41(4,5)6)24-48(11)32-30(42(7,8)9)34(51)35(32)52/h25-29,31,36H,12-24H2,1-11H3,(H,44,54)(H,45,53)(H2,46,47,56)/t27-,28?,29-,31+,36-/m1/s1. The predicted molar refractivity (Wildman–Crippen MR) is 219 cm³/mol. The van der Waals surface area contributed by atoms with Gasteiger partial charge >= 0.3 is 6.03 Å². The number of carbonyl (C=O) groups excluding carboxylic acids is 5. The Morgan fingerprint density at radius 1 is 0.893 bits per heavy atom. The number of nitrogens with zero attached hydrogens (tertiary/aromatic N) is 2. The number of likely N-dealkylation sites (tertiary alicyclic amines) is 1. The Balaban J connectivity index is 1.60. The van der Waals surface area contributed by atoms with E-state index in [2.05, 4.69) is 21.3 Å². The molecule has 4 N–H and O–H groups in total. The van der Waals surface area contributed by atoms with Crippen LogP contribution < -0.4 is 37.0 Å². The third-order valence-electron chi connectivity index (χ3n) is 12.5. The van der Waals surface area contributed by atoms with Crippen molar-refractivity contribution in [1.29, 1.82) is 0 Å². The molecule has 2 aliphatic carbocycles. The average molecular weight is 783 g/mol. The molecule has 1 aliphatic heterocycles. The summed E-state index contributed by atoms with van der Waals surface area (Å²) in [7, 11) is 1.75. The molecule has 5 amide bonds. The van der Waals surface area contributed by atoms with E-state index in [9.17, 15) is 33.6 Å². The SMILES string of the molecule is CCCCC(NC(=O)[C@@H]1[C@@H](C(C)C)CCN1C(=O)[C@@H](NC(=O)N[C@H](CN(C)c1c(C(C)(C)C)c(=O)c1=O)C(C)(C)C)C1(C)CCCCC1)C(=O)C(=O)NC1CC1. The number of likely N-dealkylation sites (N-methyl/N-ethyl adjacent to an activating group) is 1. The third kappa shape index (κ3) is 10.4. The van der Waals surface area contributed by atoms with Gasteiger partial charge in [0.1, 0.15) is 12.1 Å². The van der Waals surface area contributed by atoms with Crippen LogP contribution >= 0.6 is 0 Å². The Morgan fingerprint density at radius 2 is 1.52 bits per heavy atom. The molecule has 1 aromatic carbocycles. The number of nitrogens with one attached hydrogen (secondary N) is 4. The van der Waals surface area contributed by atoms with Gasteiger partial charge < -0.3 is 31.1 Å². The molecular formula is C43H70N6O7. The zero-order valence-corrected chi connectivity index (χ0v) is 36.0. The quantitative estimate of drug-likeness (QED) is 0.178. The molecule has 5 atom stereocenters. The van der Waals surface area contributed by atoms with Crippen molar-refractivity contribution in [3.8, 4) is 0 Å². The van der Waals surface area contributed by atoms with Gasteiger partial charge in [0.2, 0.25) is 28.5 Å². The van der Waals surface area contributed by atoms with Gasteiger partial charge in [-0.05, 0) is 66.6 Å². The highest BCUT2D eigenvalue weighted by Crippen LogP contribution is 2.41. The first-order chi connectivity index (χ1) is 26.0. The molecule has 3 fully saturated rings. The molecule has 1 unspecified atom stereocenters. The van der Waals surface area contributed by atoms with E-state index >= 15 is 0 Å². The molecule has 56 heavy (non-hydrogen) atoms. The fraction of sp³-hybridized carbons (Fsp3) is 0.791. The summed E-state index contributed by atoms with van der Waals surface area (Å²) in [5, 5.41) is 11.9. The van der Waals surface area contributed by atoms with Crippen molar-refractivity contribution in [2.75, 3.05) is 25.0 Å². The van der Waals surface area contributed by atoms with Gasteiger partial charge in [0, 0.05) is 31.7 Å². The van der Waals surface area contributed by atoms with E-state index in [-0.39, 0.29) is 30.3 Å². The second-order valence-electron chi connectivity index (χ2n) is 19.7. The normalized spacial score (nSPS) is 21.6. The fourth-order valence-corrected chi connectivity index (χ4v) is 8.69. The van der Waals surface area contributed by atoms with Gasteiger partial charge in [0.15, 0.2) is 0 Å². The first-order valence-corrected chi connectivity index (χ1v) is 21.1. The topological polar surface area (TPSA) is 174 Å². The maximum atomic E-state index is 15.0. The summed E-state index contributed by atoms with van der Waals surface area (Å²) >= 11 is 0. The minimum Gasteiger partial charge on any atom is -0.369 e. The minimum absolute atomic E-state index is 0.000884. The number of anilines is 1. The lowest BCUT2D eigenvalue weighted by atomic mass is 9.70. The molecule has 3 aliphatic rings. The van der Waals surface area contributed by atoms with Crippen LogP contribution in [0.15, 0.2) is 9.59 Å². The van der Waals surface area contributed by atoms with Crippen LogP contribution in [-0.4, -0.2) is 84.8 Å². The van der Waals surface area contributed by atoms with Gasteiger partial charge in [-0.3, -0.25) is 28.8 Å². The first-order valence-electron chi connectivity index (χ1n) is 21.1. The number of amides is 5. The largest absolute Gasteiger partial charge is 0.369 e. The lowest BCUT2D eigenvalue weighted by molar-refractivity contribution is -0.145. The van der Waals surface area contributed by atoms with Gasteiger partial charge in [0.05, 0.1) is 17.8 Å². The third-order valence-corrected chi connectivity index (χ3v) is 12.5. The van der Waals surface area contributed by atoms with Crippen molar-refractivity contribution in [3.05, 3.63) is 26.0 Å². The number of carbonyl (C=O) groups is 5. The molecule has 1 saturated heterocycles. The number of Topliss-reactive ketones (excluding diaryl/α,β-unsaturated/α-hetero) is 1. The van der Waals surface area contributed by atoms with Crippen molar-refractivity contribution in [3.63, 3.8) is 0 Å². The predicted octanol–water partition coefficient (Wildman–Crippen LogP) is 4.47. The molecule has 2 saturated carbocycles. The maximum Gasteiger partial charge on any atom is 0.315 e. The van der Waals surface area contributed by atoms with E-state index in [1.807, 2.05) is 69.2 Å². The number of hydrogen-bond donors (Lipinski definition) is 4. The van der Waals surface area contributed by atoms with E-state index in [1.54, 1.807) is 16.8 Å². The summed E-state index contributed by atoms with van der Waals surface area (Å²) in [5.74, 6) is -2.29. The molecule has 13 nitrogen and oxygen atoms in total. The van der Waals surface area contributed by atoms with Gasteiger partial charge in [-0.1, -0.05) is 101 Å². The van der Waals surface area contributed by atoms with Crippen LogP contribution in [-0.2, 0) is 24.6 Å². The molecule has 314 valence electrons. The summed E-state index contributed by atoms with van der Waals surface area (Å²) in [4.78, 5) is 98.3. The summed E-state index contributed by atoms with van der Waals surface area (Å²) in [6, 6.07) is -3.83. The highest BCUT2D eigenvalue weighted by atomic mass is 16.2. The van der Waals surface area contributed by atoms with Crippen LogP contribution in [0.2, 0.25) is 0 Å². The minimum atomic E-state index is -1.00. The van der Waals surface area contributed by atoms with Crippen LogP contribution in [0.25, 0.3) is 0 Å². The zero-order valence-electron chi connectivity index (χ0n) is 36.0. The Kier molecular flexibility index (Phi) is 14.3. The van der Waals surface area contributed by atoms with Gasteiger partial charge in [0.25, 0.3) is 5.91 Å². The van der Waals surface area contributed by atoms with Crippen molar-refractivity contribution >= 4 is 35.2 Å². The number of unbranched alkanes of at least 4 members (excludes halogenated alkanes) is 1. The Labute approximate surface area is 333 Å². The van der Waals surface area contributed by atoms with Crippen molar-refractivity contribution < 1.29 is 24.0 Å². The van der Waals surface area contributed by atoms with E-state index in [4.69, 9.17) is 0 Å². The van der Waals surface area contributed by atoms with Crippen LogP contribution in [0.1, 0.15) is 145 Å². The van der Waals surface area contributed by atoms with Crippen LogP contribution in [0, 0.1) is 22.7 Å². The Hall–Kier alpha value is -3.77. The number of hydrogen-bond acceptors (Lipinski definition) is 8. The van der Waals surface area contributed by atoms with Crippen molar-refractivity contribution in [2.24, 2.45) is 22.7 Å². The summed E-state index contributed by atoms with van der Waals surface area (Å²) in [6.07, 6.45) is 8.26. The van der Waals surface area contributed by atoms with E-state index in [0.717, 1.165) is 51.4 Å². The first kappa shape index (κ1) is 44.9. The highest BCUT2D eigenvalue weighted by Gasteiger charge is 2.50. The molecule has 1 aromatic rings. The zero-order chi connectivity index (χ0) is 41.9. The Bertz CT molecular complexity index is 1670. The lowest BCUT2D eigenvalue weighted by Gasteiger charge is -2.43. The van der Waals surface area contributed by atoms with Gasteiger partial charge in [-0.25, -0.2) is 4.79 Å². The average Bonchev–Trinajstić information content (AvgIpc) is 3.81. The van der Waals surface area contributed by atoms with Gasteiger partial charge in [-0.2, -0.15) is 0 Å². The second-order valence-corrected chi connectivity index (χ2v) is 19.7. The van der Waals surface area contributed by atoms with Crippen molar-refractivity contribution in [1.82, 2.24) is 26.2 Å². The lowest BCUT2D eigenvalue weighted by Crippen LogP contribution is -2.63. The van der Waals surface area contributed by atoms with Crippen molar-refractivity contribution in [2.45, 2.75) is 175 Å². The molecular weight excluding hydrogens is 713 g/mol. The maximum absolute atomic E-state index is 15.0. The molecule has 0 radical (unpaired) electrons. The molecule has 4 rings (SSSR count). The number of ketones is 1. The smallest absolute Gasteiger partial charge is 0.315 e. The molecule has 0 bridgehead atoms. The molecule has 13 heteroatoms. The van der Waals surface area contributed by atoms with E-state index in [0.29, 0.717) is 37.1 Å². The monoisotopic (exact) mass is 783 g/mol. The van der Waals surface area contributed by atoms with Crippen LogP contribution in [0.3, 0.4) is 0 Å². The number of urea groups is 1. The van der Waals surface area contributed by atoms with Crippen LogP contribution in [0.4, 0.5) is 10.5 Å². The second kappa shape index (κ2) is 17.8.